The highest BCUT2D eigenvalue weighted by atomic mass is 19.1. The fourth-order valence-corrected chi connectivity index (χ4v) is 9.04. The van der Waals surface area contributed by atoms with Crippen LogP contribution in [0, 0.1) is 29.9 Å². The number of benzene rings is 2. The van der Waals surface area contributed by atoms with Gasteiger partial charge in [0.15, 0.2) is 5.82 Å². The van der Waals surface area contributed by atoms with E-state index in [9.17, 15) is 23.5 Å². The summed E-state index contributed by atoms with van der Waals surface area (Å²) in [6, 6.07) is 5.61. The summed E-state index contributed by atoms with van der Waals surface area (Å²) in [5.74, 6) is 1.52. The first-order valence-corrected chi connectivity index (χ1v) is 20.0. The van der Waals surface area contributed by atoms with E-state index in [1.54, 1.807) is 11.8 Å². The van der Waals surface area contributed by atoms with Crippen LogP contribution in [0.3, 0.4) is 0 Å². The Morgan fingerprint density at radius 1 is 1.02 bits per heavy atom. The lowest BCUT2D eigenvalue weighted by Crippen LogP contribution is -2.56. The number of piperazine rings is 1. The number of aromatic nitrogens is 3. The second kappa shape index (κ2) is 17.7. The largest absolute Gasteiger partial charge is 0.508 e. The topological polar surface area (TPSA) is 130 Å². The van der Waals surface area contributed by atoms with Crippen LogP contribution in [-0.4, -0.2) is 113 Å². The summed E-state index contributed by atoms with van der Waals surface area (Å²) in [5.41, 5.74) is -0.194. The van der Waals surface area contributed by atoms with Gasteiger partial charge < -0.3 is 29.0 Å². The first-order valence-electron chi connectivity index (χ1n) is 20.0. The molecule has 5 aliphatic rings. The van der Waals surface area contributed by atoms with Crippen LogP contribution in [-0.2, 0) is 14.3 Å². The molecule has 1 amide bonds. The number of carbonyl (C=O) groups is 2. The van der Waals surface area contributed by atoms with Crippen LogP contribution in [0.4, 0.5) is 23.8 Å². The van der Waals surface area contributed by atoms with Gasteiger partial charge in [-0.25, -0.2) is 18.0 Å². The van der Waals surface area contributed by atoms with Crippen molar-refractivity contribution in [2.24, 2.45) is 5.92 Å². The van der Waals surface area contributed by atoms with E-state index in [2.05, 4.69) is 25.8 Å². The van der Waals surface area contributed by atoms with E-state index in [1.807, 2.05) is 4.90 Å². The molecule has 2 bridgehead atoms. The maximum absolute atomic E-state index is 16.4. The molecule has 12 nitrogen and oxygen atoms in total. The third kappa shape index (κ3) is 8.35. The van der Waals surface area contributed by atoms with E-state index >= 15 is 4.39 Å². The van der Waals surface area contributed by atoms with Crippen molar-refractivity contribution in [3.05, 3.63) is 47.7 Å². The zero-order valence-electron chi connectivity index (χ0n) is 33.0. The molecule has 308 valence electrons. The molecule has 2 aromatic carbocycles. The quantitative estimate of drug-likeness (QED) is 0.121. The smallest absolute Gasteiger partial charge is 0.412 e. The van der Waals surface area contributed by atoms with Crippen LogP contribution < -0.4 is 9.64 Å². The highest BCUT2D eigenvalue weighted by Crippen LogP contribution is 2.40. The summed E-state index contributed by atoms with van der Waals surface area (Å²) in [6.07, 6.45) is 16.2. The highest BCUT2D eigenvalue weighted by molar-refractivity contribution is 6.03. The van der Waals surface area contributed by atoms with E-state index in [1.165, 1.54) is 70.4 Å². The van der Waals surface area contributed by atoms with Crippen molar-refractivity contribution in [3.63, 3.8) is 0 Å². The number of carbonyl (C=O) groups excluding carboxylic acids is 2. The maximum atomic E-state index is 16.4. The van der Waals surface area contributed by atoms with Gasteiger partial charge in [0, 0.05) is 55.9 Å². The number of aldehydes is 1. The van der Waals surface area contributed by atoms with Crippen molar-refractivity contribution >= 4 is 39.9 Å². The minimum absolute atomic E-state index is 0.0622. The number of terminal acetylenes is 1. The Morgan fingerprint density at radius 3 is 2.40 bits per heavy atom. The predicted octanol–water partition coefficient (Wildman–Crippen LogP) is 7.17. The van der Waals surface area contributed by atoms with Crippen molar-refractivity contribution in [1.82, 2.24) is 24.8 Å². The lowest BCUT2D eigenvalue weighted by atomic mass is 9.96. The molecule has 4 aliphatic heterocycles. The van der Waals surface area contributed by atoms with E-state index in [-0.39, 0.29) is 51.6 Å². The van der Waals surface area contributed by atoms with Gasteiger partial charge in [-0.15, -0.1) is 6.42 Å². The number of nitrogens with zero attached hydrogens (tertiary/aromatic N) is 6. The molecule has 6 heterocycles. The van der Waals surface area contributed by atoms with Crippen molar-refractivity contribution in [2.75, 3.05) is 45.3 Å². The third-order valence-electron chi connectivity index (χ3n) is 11.9. The standard InChI is InChI=1S/C30H27F2N5O5.C7H12FN.C6H10O/c1-5-20-23(31)9-6-16-10-19(38)11-21(24(16)20)26-25(32)27-22(12-33-26)28(35-29(34-27)41-4)36-13-17-7-8-18(14-36)37(17)30(39)42-15(2)40-3;8-6-4-7-2-1-3-9(7)5-6;7-5-6-3-1-2-4-6/h1,6,9-12,15,17-18,38H,7-8,13-14H2,2-4H3;6-7H,1-5H2;5-6H,1-4H2/t;6-,7?;/m.1./s1. The van der Waals surface area contributed by atoms with Crippen molar-refractivity contribution in [1.29, 1.82) is 0 Å². The van der Waals surface area contributed by atoms with Gasteiger partial charge in [0.1, 0.15) is 41.1 Å². The van der Waals surface area contributed by atoms with Crippen LogP contribution >= 0.6 is 0 Å². The number of phenols is 1. The number of fused-ring (bicyclic) bond motifs is 5. The molecular weight excluding hydrogens is 754 g/mol. The Labute approximate surface area is 335 Å². The second-order valence-corrected chi connectivity index (χ2v) is 15.6. The molecule has 4 unspecified atom stereocenters. The Morgan fingerprint density at radius 2 is 1.76 bits per heavy atom. The van der Waals surface area contributed by atoms with Crippen LogP contribution in [0.2, 0.25) is 0 Å². The molecule has 5 atom stereocenters. The van der Waals surface area contributed by atoms with Gasteiger partial charge in [-0.2, -0.15) is 9.97 Å². The molecule has 1 aliphatic carbocycles. The predicted molar refractivity (Wildman–Crippen MR) is 212 cm³/mol. The van der Waals surface area contributed by atoms with Crippen LogP contribution in [0.5, 0.6) is 11.8 Å². The normalized spacial score (nSPS) is 23.1. The number of aromatic hydroxyl groups is 1. The number of ether oxygens (including phenoxy) is 3. The zero-order valence-corrected chi connectivity index (χ0v) is 33.0. The van der Waals surface area contributed by atoms with Gasteiger partial charge >= 0.3 is 12.1 Å². The Bertz CT molecular complexity index is 2170. The maximum Gasteiger partial charge on any atom is 0.412 e. The average Bonchev–Trinajstić information content (AvgIpc) is 4.03. The van der Waals surface area contributed by atoms with Gasteiger partial charge in [-0.05, 0) is 82.0 Å². The number of halogens is 3. The molecular formula is C43H49F3N6O6. The van der Waals surface area contributed by atoms with E-state index in [4.69, 9.17) is 20.6 Å². The van der Waals surface area contributed by atoms with E-state index in [0.29, 0.717) is 48.2 Å². The van der Waals surface area contributed by atoms with Crippen LogP contribution in [0.1, 0.15) is 70.3 Å². The molecule has 0 spiro atoms. The lowest BCUT2D eigenvalue weighted by Gasteiger charge is -2.41. The van der Waals surface area contributed by atoms with Gasteiger partial charge in [0.2, 0.25) is 6.29 Å². The molecule has 2 aromatic heterocycles. The number of hydrogen-bond acceptors (Lipinski definition) is 11. The first-order chi connectivity index (χ1) is 28.0. The fourth-order valence-electron chi connectivity index (χ4n) is 9.04. The fraction of sp³-hybridized carbons (Fsp3) is 0.512. The van der Waals surface area contributed by atoms with E-state index < -0.39 is 30.2 Å². The summed E-state index contributed by atoms with van der Waals surface area (Å²) >= 11 is 0. The monoisotopic (exact) mass is 802 g/mol. The van der Waals surface area contributed by atoms with Crippen LogP contribution in [0.15, 0.2) is 30.5 Å². The number of alkyl halides is 1. The lowest BCUT2D eigenvalue weighted by molar-refractivity contribution is -0.110. The summed E-state index contributed by atoms with van der Waals surface area (Å²) in [5, 5.41) is 11.4. The summed E-state index contributed by atoms with van der Waals surface area (Å²) in [7, 11) is 2.84. The Kier molecular flexibility index (Phi) is 12.5. The SMILES string of the molecule is C#Cc1c(F)ccc2cc(O)cc(-c3ncc4c(N5CC6CCC(C5)N6C(=O)OC(C)OC)nc(OC)nc4c3F)c12.F[C@@H]1CC2CCCN2C1.O=CC1CCCC1. The summed E-state index contributed by atoms with van der Waals surface area (Å²) in [4.78, 5) is 42.0. The molecule has 4 saturated heterocycles. The van der Waals surface area contributed by atoms with Gasteiger partial charge in [-0.1, -0.05) is 24.8 Å². The highest BCUT2D eigenvalue weighted by Gasteiger charge is 2.45. The minimum Gasteiger partial charge on any atom is -0.508 e. The number of pyridine rings is 1. The summed E-state index contributed by atoms with van der Waals surface area (Å²) < 4.78 is 59.4. The van der Waals surface area contributed by atoms with Crippen molar-refractivity contribution in [2.45, 2.75) is 95.3 Å². The molecule has 5 fully saturated rings. The number of phenolic OH excluding ortho intramolecular Hbond substituents is 1. The molecule has 9 rings (SSSR count). The molecule has 4 aromatic rings. The molecule has 1 N–H and O–H groups in total. The average molecular weight is 803 g/mol. The van der Waals surface area contributed by atoms with Crippen molar-refractivity contribution in [3.8, 4) is 35.4 Å². The molecule has 0 radical (unpaired) electrons. The number of anilines is 1. The van der Waals surface area contributed by atoms with Gasteiger partial charge in [0.05, 0.1) is 30.1 Å². The molecule has 1 saturated carbocycles. The number of hydrogen-bond donors (Lipinski definition) is 1. The second-order valence-electron chi connectivity index (χ2n) is 15.6. The third-order valence-corrected chi connectivity index (χ3v) is 11.9. The van der Waals surface area contributed by atoms with E-state index in [0.717, 1.165) is 44.9 Å². The Hall–Kier alpha value is -5.20. The first kappa shape index (κ1) is 41.0. The molecule has 15 heteroatoms. The van der Waals surface area contributed by atoms with Gasteiger partial charge in [0.25, 0.3) is 0 Å². The number of rotatable bonds is 6. The van der Waals surface area contributed by atoms with Gasteiger partial charge in [-0.3, -0.25) is 14.8 Å². The summed E-state index contributed by atoms with van der Waals surface area (Å²) in [6.45, 7) is 4.35. The van der Waals surface area contributed by atoms with Crippen LogP contribution in [0.25, 0.3) is 32.9 Å². The Balaban J connectivity index is 0.000000262. The molecule has 58 heavy (non-hydrogen) atoms. The number of methoxy groups -OCH3 is 2. The number of amides is 1. The van der Waals surface area contributed by atoms with Crippen molar-refractivity contribution < 1.29 is 42.1 Å². The minimum atomic E-state index is -0.813. The zero-order chi connectivity index (χ0) is 41.1.